The van der Waals surface area contributed by atoms with E-state index in [4.69, 9.17) is 32.8 Å². The number of unbranched alkanes of at least 4 members (excludes halogenated alkanes) is 2. The number of ether oxygens (including phenoxy) is 6. The van der Waals surface area contributed by atoms with Crippen LogP contribution in [0.1, 0.15) is 71.4 Å². The van der Waals surface area contributed by atoms with Crippen LogP contribution in [0.2, 0.25) is 0 Å². The van der Waals surface area contributed by atoms with E-state index in [1.165, 1.54) is 57.7 Å². The number of benzene rings is 7. The molecule has 0 atom stereocenters. The van der Waals surface area contributed by atoms with Gasteiger partial charge in [0.25, 0.3) is 30.4 Å². The lowest BCUT2D eigenvalue weighted by atomic mass is 9.79. The van der Waals surface area contributed by atoms with Crippen LogP contribution in [0.4, 0.5) is 21.5 Å². The third-order valence-corrected chi connectivity index (χ3v) is 21.2. The molecule has 1 aromatic heterocycles. The number of anilines is 2. The molecule has 0 radical (unpaired) electrons. The molecule has 102 heavy (non-hydrogen) atoms. The SMILES string of the molecule is CCN1/C(=C/C=C/C=C/C2=[N+](CCCCCC(=O)NCCOCCOCCOCC(=O)Nc3cc(F)cc(-c4cc(=O)c5cc(OC)c6c(OC)ccc(OC)c6c5o4)c3)c3ccc4c(S(=O)(=O)[O-])cc(S(=O)(=O)O)cc4c3C2(C)C)C(C)(C)c2c1ccc1c(S(=O)(=O)O)cc(S(=O)(=O)O)cc21. The third kappa shape index (κ3) is 15.8. The zero-order valence-corrected chi connectivity index (χ0v) is 60.0. The summed E-state index contributed by atoms with van der Waals surface area (Å²) in [6.07, 6.45) is 10.7. The molecule has 0 fully saturated rings. The van der Waals surface area contributed by atoms with E-state index >= 15 is 4.39 Å². The molecule has 0 aliphatic carbocycles. The highest BCUT2D eigenvalue weighted by atomic mass is 32.2. The van der Waals surface area contributed by atoms with E-state index < -0.39 is 88.0 Å². The Morgan fingerprint density at radius 1 is 0.637 bits per heavy atom. The Balaban J connectivity index is 0.717. The first-order valence-corrected chi connectivity index (χ1v) is 37.8. The summed E-state index contributed by atoms with van der Waals surface area (Å²) in [6.45, 7) is 10.7. The second kappa shape index (κ2) is 30.1. The standard InChI is InChI=1S/C71H75FN4O22S4/c1-9-75-52-21-19-47-49(35-45(99(80,81)82)37-59(47)101(86,87)88)67(52)70(2,3)61(75)16-12-10-13-17-62-71(4,5)68-50-36-46(100(83,84)85)38-60(102(89,90)91)48(50)20-22-53(68)76(62)26-15-11-14-18-63(78)73-25-27-95-28-29-96-30-31-97-41-64(79)74-44-33-42(32-43(72)34-44)57-40-54(77)51-39-58(94-8)65-55(92-6)23-24-56(93-7)66(65)69(51)98-57/h10,12-13,16-17,19-24,32-40H,9,11,14-15,18,25-31,41H2,1-8H3,(H5-,73,74,78,79,80,81,82,83,84,85,86,87,88,89,90,91). The van der Waals surface area contributed by atoms with Crippen LogP contribution < -0.4 is 35.2 Å². The molecule has 0 bridgehead atoms. The minimum absolute atomic E-state index is 0.0214. The fourth-order valence-electron chi connectivity index (χ4n) is 13.3. The first kappa shape index (κ1) is 75.7. The van der Waals surface area contributed by atoms with Crippen molar-refractivity contribution in [2.45, 2.75) is 90.7 Å². The molecule has 7 aromatic carbocycles. The molecule has 26 nitrogen and oxygen atoms in total. The van der Waals surface area contributed by atoms with Crippen molar-refractivity contribution in [2.24, 2.45) is 0 Å². The van der Waals surface area contributed by atoms with Crippen LogP contribution in [0.3, 0.4) is 0 Å². The lowest BCUT2D eigenvalue weighted by molar-refractivity contribution is -0.438. The van der Waals surface area contributed by atoms with Gasteiger partial charge in [-0.2, -0.15) is 29.8 Å². The highest BCUT2D eigenvalue weighted by Crippen LogP contribution is 2.52. The van der Waals surface area contributed by atoms with Crippen LogP contribution >= 0.6 is 0 Å². The van der Waals surface area contributed by atoms with Crippen LogP contribution in [-0.2, 0) is 75.1 Å². The third-order valence-electron chi connectivity index (χ3n) is 17.8. The first-order valence-electron chi connectivity index (χ1n) is 32.0. The van der Waals surface area contributed by atoms with Gasteiger partial charge in [0.15, 0.2) is 16.7 Å². The number of fused-ring (bicyclic) bond motifs is 9. The zero-order chi connectivity index (χ0) is 74.0. The smallest absolute Gasteiger partial charge is 0.295 e. The Labute approximate surface area is 588 Å². The number of carbonyl (C=O) groups excluding carboxylic acids is 2. The van der Waals surface area contributed by atoms with E-state index in [9.17, 15) is 66.3 Å². The number of nitrogens with one attached hydrogen (secondary N) is 2. The van der Waals surface area contributed by atoms with Crippen molar-refractivity contribution in [1.29, 1.82) is 0 Å². The van der Waals surface area contributed by atoms with Crippen molar-refractivity contribution in [3.63, 3.8) is 0 Å². The summed E-state index contributed by atoms with van der Waals surface area (Å²) in [5.41, 5.74) is 1.68. The van der Waals surface area contributed by atoms with Crippen LogP contribution in [0.25, 0.3) is 54.6 Å². The Kier molecular flexibility index (Phi) is 22.4. The predicted octanol–water partition coefficient (Wildman–Crippen LogP) is 10.3. The number of hydrogen-bond acceptors (Lipinski definition) is 20. The number of methoxy groups -OCH3 is 3. The highest BCUT2D eigenvalue weighted by Gasteiger charge is 2.46. The number of rotatable bonds is 30. The molecule has 0 saturated heterocycles. The highest BCUT2D eigenvalue weighted by molar-refractivity contribution is 7.87. The monoisotopic (exact) mass is 1480 g/mol. The van der Waals surface area contributed by atoms with Crippen LogP contribution in [0.5, 0.6) is 17.2 Å². The number of halogens is 1. The molecule has 0 spiro atoms. The number of carbonyl (C=O) groups is 2. The second-order valence-electron chi connectivity index (χ2n) is 25.0. The molecule has 31 heteroatoms. The van der Waals surface area contributed by atoms with Gasteiger partial charge in [0.1, 0.15) is 57.0 Å². The molecule has 0 unspecified atom stereocenters. The van der Waals surface area contributed by atoms with Gasteiger partial charge < -0.3 is 52.9 Å². The molecule has 2 amide bonds. The van der Waals surface area contributed by atoms with Gasteiger partial charge in [0.05, 0.1) is 90.6 Å². The Hall–Kier alpha value is -8.99. The largest absolute Gasteiger partial charge is 0.744 e. The zero-order valence-electron chi connectivity index (χ0n) is 56.7. The number of nitrogens with zero attached hydrogens (tertiary/aromatic N) is 2. The molecule has 8 aromatic rings. The average Bonchev–Trinajstić information content (AvgIpc) is 1.51. The summed E-state index contributed by atoms with van der Waals surface area (Å²) in [7, 11) is -15.8. The molecular weight excluding hydrogens is 1410 g/mol. The molecule has 2 aliphatic rings. The lowest BCUT2D eigenvalue weighted by Gasteiger charge is -2.26. The maximum Gasteiger partial charge on any atom is 0.295 e. The average molecular weight is 1480 g/mol. The van der Waals surface area contributed by atoms with Gasteiger partial charge in [-0.3, -0.25) is 28.0 Å². The van der Waals surface area contributed by atoms with Gasteiger partial charge in [-0.1, -0.05) is 38.1 Å². The van der Waals surface area contributed by atoms with Gasteiger partial charge in [-0.15, -0.1) is 0 Å². The number of likely N-dealkylation sites (N-methyl/N-ethyl adjacent to an activating group) is 1. The summed E-state index contributed by atoms with van der Waals surface area (Å²) in [4.78, 5) is 38.3. The van der Waals surface area contributed by atoms with Crippen LogP contribution in [0.15, 0.2) is 156 Å². The molecule has 542 valence electrons. The number of amides is 2. The van der Waals surface area contributed by atoms with Gasteiger partial charge >= 0.3 is 0 Å². The van der Waals surface area contributed by atoms with Crippen molar-refractivity contribution in [3.8, 4) is 28.6 Å². The van der Waals surface area contributed by atoms with E-state index in [0.29, 0.717) is 101 Å². The van der Waals surface area contributed by atoms with Crippen molar-refractivity contribution < 1.29 is 103 Å². The van der Waals surface area contributed by atoms with E-state index in [0.717, 1.165) is 23.9 Å². The summed E-state index contributed by atoms with van der Waals surface area (Å²) >= 11 is 0. The van der Waals surface area contributed by atoms with Crippen molar-refractivity contribution in [2.75, 3.05) is 90.8 Å². The normalized spacial score (nSPS) is 15.0. The predicted molar refractivity (Wildman–Crippen MR) is 378 cm³/mol. The number of allylic oxidation sites excluding steroid dienone is 6. The van der Waals surface area contributed by atoms with E-state index in [1.54, 1.807) is 42.5 Å². The number of hydrogen-bond donors (Lipinski definition) is 5. The fraction of sp³-hybridized carbons (Fsp3) is 0.324. The Bertz CT molecular complexity index is 5380. The van der Waals surface area contributed by atoms with Gasteiger partial charge in [0, 0.05) is 88.5 Å². The van der Waals surface area contributed by atoms with Gasteiger partial charge in [-0.05, 0) is 129 Å². The van der Waals surface area contributed by atoms with Crippen molar-refractivity contribution >= 4 is 118 Å². The molecular formula is C71H75FN4O22S4. The fourth-order valence-corrected chi connectivity index (χ4v) is 16.0. The van der Waals surface area contributed by atoms with E-state index in [2.05, 4.69) is 10.6 Å². The van der Waals surface area contributed by atoms with Crippen molar-refractivity contribution in [1.82, 2.24) is 5.32 Å². The minimum atomic E-state index is -5.27. The summed E-state index contributed by atoms with van der Waals surface area (Å²) in [5.74, 6) is -0.326. The minimum Gasteiger partial charge on any atom is -0.744 e. The Morgan fingerprint density at radius 3 is 1.89 bits per heavy atom. The lowest BCUT2D eigenvalue weighted by Crippen LogP contribution is -2.28. The Morgan fingerprint density at radius 2 is 1.25 bits per heavy atom. The molecule has 5 N–H and O–H groups in total. The summed E-state index contributed by atoms with van der Waals surface area (Å²) in [6, 6.07) is 19.7. The van der Waals surface area contributed by atoms with E-state index in [-0.39, 0.29) is 108 Å². The summed E-state index contributed by atoms with van der Waals surface area (Å²) in [5, 5.41) is 6.81. The van der Waals surface area contributed by atoms with Crippen LogP contribution in [-0.4, -0.2) is 155 Å². The topological polar surface area (TPSA) is 370 Å². The quantitative estimate of drug-likeness (QED) is 0.00918. The van der Waals surface area contributed by atoms with Gasteiger partial charge in [-0.25, -0.2) is 12.8 Å². The first-order chi connectivity index (χ1) is 48.1. The summed E-state index contributed by atoms with van der Waals surface area (Å²) < 4.78 is 200. The maximum atomic E-state index is 15.1. The van der Waals surface area contributed by atoms with Crippen LogP contribution in [0, 0.1) is 5.82 Å². The van der Waals surface area contributed by atoms with Gasteiger partial charge in [0.2, 0.25) is 17.5 Å². The molecule has 3 heterocycles. The molecule has 0 saturated carbocycles. The molecule has 2 aliphatic heterocycles. The molecule has 10 rings (SSSR count). The maximum absolute atomic E-state index is 15.1. The van der Waals surface area contributed by atoms with E-state index in [1.807, 2.05) is 56.2 Å². The van der Waals surface area contributed by atoms with Crippen molar-refractivity contribution in [3.05, 3.63) is 154 Å². The second-order valence-corrected chi connectivity index (χ2v) is 30.6.